The van der Waals surface area contributed by atoms with Crippen LogP contribution in [0.25, 0.3) is 6.08 Å². The normalized spacial score (nSPS) is 20.9. The molecule has 1 unspecified atom stereocenters. The van der Waals surface area contributed by atoms with Crippen LogP contribution in [0.3, 0.4) is 0 Å². The number of hydrogen-bond donors (Lipinski definition) is 1. The van der Waals surface area contributed by atoms with Crippen LogP contribution in [0.5, 0.6) is 0 Å². The van der Waals surface area contributed by atoms with Crippen LogP contribution >= 0.6 is 15.9 Å². The van der Waals surface area contributed by atoms with E-state index < -0.39 is 0 Å². The van der Waals surface area contributed by atoms with Crippen molar-refractivity contribution in [2.45, 2.75) is 51.4 Å². The lowest BCUT2D eigenvalue weighted by Gasteiger charge is -2.36. The van der Waals surface area contributed by atoms with Gasteiger partial charge in [0.2, 0.25) is 5.78 Å². The topological polar surface area (TPSA) is 72.4 Å². The molecule has 1 saturated heterocycles. The number of halogens is 1. The van der Waals surface area contributed by atoms with Gasteiger partial charge in [0.15, 0.2) is 0 Å². The molecule has 0 saturated carbocycles. The second-order valence-corrected chi connectivity index (χ2v) is 9.17. The van der Waals surface area contributed by atoms with Gasteiger partial charge >= 0.3 is 0 Å². The molecule has 0 spiro atoms. The molecule has 7 heteroatoms. The van der Waals surface area contributed by atoms with Crippen molar-refractivity contribution in [3.05, 3.63) is 39.3 Å². The number of ether oxygens (including phenoxy) is 1. The van der Waals surface area contributed by atoms with Gasteiger partial charge in [-0.1, -0.05) is 15.9 Å². The standard InChI is InChI=1S/C22H29BrN4O2/c1-14(2)27-7-5-17(6-8-27)29-21-10-15-9-20(25-19(15)11-18(21)23)22(28)16(12-24)13-26(3)4/h9,11,13-14,17,21,25H,5-8,10H2,1-4H3/b16-13+. The van der Waals surface area contributed by atoms with Crippen LogP contribution in [-0.2, 0) is 11.2 Å². The summed E-state index contributed by atoms with van der Waals surface area (Å²) < 4.78 is 7.40. The monoisotopic (exact) mass is 460 g/mol. The number of rotatable bonds is 6. The van der Waals surface area contributed by atoms with E-state index in [2.05, 4.69) is 39.7 Å². The third kappa shape index (κ3) is 5.19. The molecule has 1 aromatic heterocycles. The zero-order valence-corrected chi connectivity index (χ0v) is 19.1. The lowest BCUT2D eigenvalue weighted by Crippen LogP contribution is -2.42. The molecule has 1 aliphatic heterocycles. The number of hydrogen-bond acceptors (Lipinski definition) is 5. The van der Waals surface area contributed by atoms with Gasteiger partial charge < -0.3 is 19.5 Å². The number of nitrogens with zero attached hydrogens (tertiary/aromatic N) is 3. The van der Waals surface area contributed by atoms with E-state index >= 15 is 0 Å². The fourth-order valence-electron chi connectivity index (χ4n) is 3.88. The van der Waals surface area contributed by atoms with E-state index in [-0.39, 0.29) is 23.6 Å². The van der Waals surface area contributed by atoms with E-state index in [0.29, 0.717) is 18.2 Å². The number of fused-ring (bicyclic) bond motifs is 1. The molecule has 1 aromatic rings. The number of likely N-dealkylation sites (tertiary alicyclic amines) is 1. The van der Waals surface area contributed by atoms with Crippen molar-refractivity contribution < 1.29 is 9.53 Å². The quantitative estimate of drug-likeness (QED) is 0.397. The summed E-state index contributed by atoms with van der Waals surface area (Å²) in [5, 5.41) is 9.31. The molecule has 0 aromatic carbocycles. The molecule has 2 heterocycles. The number of nitriles is 1. The molecule has 1 atom stereocenters. The minimum Gasteiger partial charge on any atom is -0.382 e. The molecule has 1 N–H and O–H groups in total. The summed E-state index contributed by atoms with van der Waals surface area (Å²) in [6.45, 7) is 6.61. The lowest BCUT2D eigenvalue weighted by molar-refractivity contribution is -0.0278. The van der Waals surface area contributed by atoms with Crippen molar-refractivity contribution in [1.82, 2.24) is 14.8 Å². The number of carbonyl (C=O) groups is 1. The second-order valence-electron chi connectivity index (χ2n) is 8.26. The third-order valence-electron chi connectivity index (χ3n) is 5.49. The molecule has 1 fully saturated rings. The van der Waals surface area contributed by atoms with Crippen molar-refractivity contribution >= 4 is 27.8 Å². The molecule has 3 rings (SSSR count). The van der Waals surface area contributed by atoms with Crippen LogP contribution in [0.15, 0.2) is 22.3 Å². The van der Waals surface area contributed by atoms with Gasteiger partial charge in [-0.15, -0.1) is 0 Å². The molecule has 1 aliphatic carbocycles. The van der Waals surface area contributed by atoms with Crippen LogP contribution in [-0.4, -0.2) is 66.0 Å². The maximum Gasteiger partial charge on any atom is 0.221 e. The largest absolute Gasteiger partial charge is 0.382 e. The maximum absolute atomic E-state index is 12.7. The highest BCUT2D eigenvalue weighted by Gasteiger charge is 2.29. The Morgan fingerprint density at radius 3 is 2.69 bits per heavy atom. The van der Waals surface area contributed by atoms with Crippen LogP contribution < -0.4 is 0 Å². The maximum atomic E-state index is 12.7. The second kappa shape index (κ2) is 9.29. The van der Waals surface area contributed by atoms with Gasteiger partial charge in [-0.2, -0.15) is 5.26 Å². The predicted octanol–water partition coefficient (Wildman–Crippen LogP) is 3.72. The predicted molar refractivity (Wildman–Crippen MR) is 118 cm³/mol. The van der Waals surface area contributed by atoms with Crippen molar-refractivity contribution in [3.8, 4) is 6.07 Å². The lowest BCUT2D eigenvalue weighted by atomic mass is 10.00. The Morgan fingerprint density at radius 2 is 2.10 bits per heavy atom. The van der Waals surface area contributed by atoms with Crippen LogP contribution in [0.4, 0.5) is 0 Å². The number of H-pyrrole nitrogens is 1. The number of piperidine rings is 1. The molecule has 0 radical (unpaired) electrons. The van der Waals surface area contributed by atoms with E-state index in [0.717, 1.165) is 41.7 Å². The van der Waals surface area contributed by atoms with E-state index in [1.54, 1.807) is 25.2 Å². The van der Waals surface area contributed by atoms with E-state index in [9.17, 15) is 10.1 Å². The molecule has 156 valence electrons. The van der Waals surface area contributed by atoms with Gasteiger partial charge in [-0.05, 0) is 44.4 Å². The van der Waals surface area contributed by atoms with Crippen LogP contribution in [0.2, 0.25) is 0 Å². The third-order valence-corrected chi connectivity index (χ3v) is 6.23. The first kappa shape index (κ1) is 21.8. The number of ketones is 1. The zero-order valence-electron chi connectivity index (χ0n) is 17.5. The molecule has 29 heavy (non-hydrogen) atoms. The van der Waals surface area contributed by atoms with Gasteiger partial charge in [-0.3, -0.25) is 4.79 Å². The minimum absolute atomic E-state index is 0.0374. The molecular formula is C22H29BrN4O2. The van der Waals surface area contributed by atoms with Crippen molar-refractivity contribution in [2.75, 3.05) is 27.2 Å². The summed E-state index contributed by atoms with van der Waals surface area (Å²) >= 11 is 3.66. The molecule has 6 nitrogen and oxygen atoms in total. The van der Waals surface area contributed by atoms with Gasteiger partial charge in [0.1, 0.15) is 11.6 Å². The fraction of sp³-hybridized carbons (Fsp3) is 0.545. The Bertz CT molecular complexity index is 855. The first-order chi connectivity index (χ1) is 13.8. The Kier molecular flexibility index (Phi) is 6.99. The highest BCUT2D eigenvalue weighted by Crippen LogP contribution is 2.32. The first-order valence-corrected chi connectivity index (χ1v) is 10.9. The number of allylic oxidation sites excluding steroid dienone is 1. The zero-order chi connectivity index (χ0) is 21.1. The molecule has 2 aliphatic rings. The van der Waals surface area contributed by atoms with E-state index in [1.165, 1.54) is 0 Å². The molecular weight excluding hydrogens is 432 g/mol. The fourth-order valence-corrected chi connectivity index (χ4v) is 4.38. The Balaban J connectivity index is 1.68. The molecule has 0 amide bonds. The Morgan fingerprint density at radius 1 is 1.41 bits per heavy atom. The SMILES string of the molecule is CC(C)N1CCC(OC2Cc3cc(C(=O)/C(C#N)=C/N(C)C)[nH]c3C=C2Br)CC1. The summed E-state index contributed by atoms with van der Waals surface area (Å²) in [4.78, 5) is 20.0. The van der Waals surface area contributed by atoms with Crippen LogP contribution in [0, 0.1) is 11.3 Å². The van der Waals surface area contributed by atoms with Gasteiger partial charge in [0.05, 0.1) is 17.9 Å². The van der Waals surface area contributed by atoms with Gasteiger partial charge in [-0.25, -0.2) is 0 Å². The van der Waals surface area contributed by atoms with Gasteiger partial charge in [0, 0.05) is 56.0 Å². The minimum atomic E-state index is -0.293. The van der Waals surface area contributed by atoms with Crippen LogP contribution in [0.1, 0.15) is 48.4 Å². The number of aromatic nitrogens is 1. The number of carbonyl (C=O) groups excluding carboxylic acids is 1. The van der Waals surface area contributed by atoms with Crippen molar-refractivity contribution in [1.29, 1.82) is 5.26 Å². The summed E-state index contributed by atoms with van der Waals surface area (Å²) in [5.74, 6) is -0.293. The first-order valence-electron chi connectivity index (χ1n) is 10.1. The number of aromatic amines is 1. The summed E-state index contributed by atoms with van der Waals surface area (Å²) in [6.07, 6.45) is 6.54. The Labute approximate surface area is 181 Å². The molecule has 0 bridgehead atoms. The van der Waals surface area contributed by atoms with E-state index in [4.69, 9.17) is 4.74 Å². The smallest absolute Gasteiger partial charge is 0.221 e. The summed E-state index contributed by atoms with van der Waals surface area (Å²) in [7, 11) is 3.58. The summed E-state index contributed by atoms with van der Waals surface area (Å²) in [6, 6.07) is 4.42. The van der Waals surface area contributed by atoms with Crippen molar-refractivity contribution in [3.63, 3.8) is 0 Å². The Hall–Kier alpha value is -1.88. The average molecular weight is 461 g/mol. The number of Topliss-reactive ketones (excluding diaryl/α,β-unsaturated/α-hetero) is 1. The number of nitrogens with one attached hydrogen (secondary N) is 1. The van der Waals surface area contributed by atoms with Crippen molar-refractivity contribution in [2.24, 2.45) is 0 Å². The average Bonchev–Trinajstić information content (AvgIpc) is 3.08. The highest BCUT2D eigenvalue weighted by molar-refractivity contribution is 9.11. The highest BCUT2D eigenvalue weighted by atomic mass is 79.9. The van der Waals surface area contributed by atoms with Gasteiger partial charge in [0.25, 0.3) is 0 Å². The van der Waals surface area contributed by atoms with E-state index in [1.807, 2.05) is 18.2 Å². The summed E-state index contributed by atoms with van der Waals surface area (Å²) in [5.41, 5.74) is 2.49.